The van der Waals surface area contributed by atoms with Gasteiger partial charge in [0.05, 0.1) is 5.56 Å². The van der Waals surface area contributed by atoms with Crippen molar-refractivity contribution in [2.75, 3.05) is 0 Å². The third-order valence-corrected chi connectivity index (χ3v) is 1.84. The van der Waals surface area contributed by atoms with Gasteiger partial charge in [-0.05, 0) is 11.8 Å². The summed E-state index contributed by atoms with van der Waals surface area (Å²) in [6.45, 7) is 1.49. The normalized spacial score (nSPS) is 10.1. The van der Waals surface area contributed by atoms with Gasteiger partial charge < -0.3 is 0 Å². The van der Waals surface area contributed by atoms with E-state index in [1.54, 1.807) is 0 Å². The Balaban J connectivity index is 3.14. The molecule has 0 aliphatic carbocycles. The zero-order valence-corrected chi connectivity index (χ0v) is 8.63. The maximum Gasteiger partial charge on any atom is 0.173 e. The van der Waals surface area contributed by atoms with Gasteiger partial charge in [0.1, 0.15) is 17.5 Å². The molecule has 0 radical (unpaired) electrons. The molecule has 80 valence electrons. The number of hydrogen-bond acceptors (Lipinski definition) is 2. The van der Waals surface area contributed by atoms with Gasteiger partial charge in [0.25, 0.3) is 0 Å². The number of Topliss-reactive ketones (excluding diaryl/α,β-unsaturated/α-hetero) is 1. The van der Waals surface area contributed by atoms with Crippen LogP contribution in [0, 0.1) is 17.5 Å². The average molecular weight is 232 g/mol. The summed E-state index contributed by atoms with van der Waals surface area (Å²) in [5.41, 5.74) is -0.736. The SMILES string of the molecule is CC(=S)CC(=O)c1c(F)cc(F)cc1F. The minimum absolute atomic E-state index is 0.227. The lowest BCUT2D eigenvalue weighted by Gasteiger charge is -2.03. The molecule has 15 heavy (non-hydrogen) atoms. The van der Waals surface area contributed by atoms with Crippen molar-refractivity contribution in [2.24, 2.45) is 0 Å². The molecule has 1 rings (SSSR count). The zero-order chi connectivity index (χ0) is 11.6. The van der Waals surface area contributed by atoms with Crippen LogP contribution in [0.4, 0.5) is 13.2 Å². The second-order valence-electron chi connectivity index (χ2n) is 3.05. The standard InChI is InChI=1S/C10H7F3OS/c1-5(15)2-9(14)10-7(12)3-6(11)4-8(10)13/h3-4H,2H2,1H3. The zero-order valence-electron chi connectivity index (χ0n) is 7.81. The van der Waals surface area contributed by atoms with Crippen LogP contribution in [0.15, 0.2) is 12.1 Å². The molecule has 0 saturated carbocycles. The Morgan fingerprint density at radius 2 is 1.73 bits per heavy atom. The maximum absolute atomic E-state index is 13.1. The highest BCUT2D eigenvalue weighted by Crippen LogP contribution is 2.16. The van der Waals surface area contributed by atoms with E-state index in [1.807, 2.05) is 0 Å². The molecule has 1 aromatic rings. The average Bonchev–Trinajstić information content (AvgIpc) is 1.99. The Hall–Kier alpha value is -1.23. The molecule has 0 spiro atoms. The lowest BCUT2D eigenvalue weighted by molar-refractivity contribution is 0.0993. The maximum atomic E-state index is 13.1. The monoisotopic (exact) mass is 232 g/mol. The number of ketones is 1. The first-order valence-electron chi connectivity index (χ1n) is 4.09. The summed E-state index contributed by atoms with van der Waals surface area (Å²) in [5, 5.41) is 0. The van der Waals surface area contributed by atoms with Gasteiger partial charge in [-0.1, -0.05) is 12.2 Å². The van der Waals surface area contributed by atoms with Gasteiger partial charge in [-0.2, -0.15) is 0 Å². The van der Waals surface area contributed by atoms with Gasteiger partial charge >= 0.3 is 0 Å². The van der Waals surface area contributed by atoms with E-state index in [0.717, 1.165) is 0 Å². The van der Waals surface area contributed by atoms with Gasteiger partial charge in [0.15, 0.2) is 5.78 Å². The van der Waals surface area contributed by atoms with E-state index in [9.17, 15) is 18.0 Å². The van der Waals surface area contributed by atoms with Crippen molar-refractivity contribution >= 4 is 22.9 Å². The molecular formula is C10H7F3OS. The Bertz CT molecular complexity index is 406. The van der Waals surface area contributed by atoms with Crippen molar-refractivity contribution in [1.82, 2.24) is 0 Å². The van der Waals surface area contributed by atoms with Crippen LogP contribution in [0.1, 0.15) is 23.7 Å². The molecule has 1 nitrogen and oxygen atoms in total. The summed E-state index contributed by atoms with van der Waals surface area (Å²) in [7, 11) is 0. The van der Waals surface area contributed by atoms with Crippen molar-refractivity contribution in [3.63, 3.8) is 0 Å². The Kier molecular flexibility index (Phi) is 3.57. The van der Waals surface area contributed by atoms with Crippen LogP contribution in [0.25, 0.3) is 0 Å². The van der Waals surface area contributed by atoms with Crippen LogP contribution >= 0.6 is 12.2 Å². The molecule has 0 fully saturated rings. The number of hydrogen-bond donors (Lipinski definition) is 0. The number of carbonyl (C=O) groups is 1. The first-order chi connectivity index (χ1) is 6.91. The quantitative estimate of drug-likeness (QED) is 0.588. The molecule has 0 N–H and O–H groups in total. The van der Waals surface area contributed by atoms with Crippen LogP contribution in [0.3, 0.4) is 0 Å². The summed E-state index contributed by atoms with van der Waals surface area (Å²) >= 11 is 4.64. The van der Waals surface area contributed by atoms with Crippen LogP contribution < -0.4 is 0 Å². The van der Waals surface area contributed by atoms with Crippen molar-refractivity contribution in [1.29, 1.82) is 0 Å². The number of benzene rings is 1. The van der Waals surface area contributed by atoms with Crippen molar-refractivity contribution in [3.05, 3.63) is 35.1 Å². The molecule has 0 amide bonds. The number of halogens is 3. The fraction of sp³-hybridized carbons (Fsp3) is 0.200. The second kappa shape index (κ2) is 4.53. The molecule has 0 aliphatic heterocycles. The van der Waals surface area contributed by atoms with E-state index in [-0.39, 0.29) is 6.42 Å². The molecule has 0 bridgehead atoms. The summed E-state index contributed by atoms with van der Waals surface area (Å²) in [5.74, 6) is -4.24. The lowest BCUT2D eigenvalue weighted by Crippen LogP contribution is -2.09. The number of rotatable bonds is 3. The number of carbonyl (C=O) groups excluding carboxylic acids is 1. The highest BCUT2D eigenvalue weighted by molar-refractivity contribution is 7.80. The third kappa shape index (κ3) is 2.86. The summed E-state index contributed by atoms with van der Waals surface area (Å²) in [6.07, 6.45) is -0.227. The minimum Gasteiger partial charge on any atom is -0.294 e. The fourth-order valence-corrected chi connectivity index (χ4v) is 1.25. The predicted molar refractivity (Wildman–Crippen MR) is 53.5 cm³/mol. The molecule has 0 saturated heterocycles. The Morgan fingerprint density at radius 1 is 1.27 bits per heavy atom. The molecule has 0 aliphatic rings. The fourth-order valence-electron chi connectivity index (χ4n) is 1.12. The number of thiocarbonyl (C=S) groups is 1. The van der Waals surface area contributed by atoms with E-state index < -0.39 is 28.8 Å². The second-order valence-corrected chi connectivity index (χ2v) is 3.74. The lowest BCUT2D eigenvalue weighted by atomic mass is 10.1. The van der Waals surface area contributed by atoms with Gasteiger partial charge in [-0.15, -0.1) is 0 Å². The molecule has 0 heterocycles. The molecule has 0 unspecified atom stereocenters. The third-order valence-electron chi connectivity index (χ3n) is 1.70. The van der Waals surface area contributed by atoms with E-state index in [2.05, 4.69) is 12.2 Å². The van der Waals surface area contributed by atoms with E-state index in [1.165, 1.54) is 6.92 Å². The summed E-state index contributed by atoms with van der Waals surface area (Å²) < 4.78 is 38.7. The van der Waals surface area contributed by atoms with Gasteiger partial charge in [-0.25, -0.2) is 13.2 Å². The van der Waals surface area contributed by atoms with E-state index in [0.29, 0.717) is 17.0 Å². The Labute approximate surface area is 89.9 Å². The minimum atomic E-state index is -1.20. The van der Waals surface area contributed by atoms with Crippen molar-refractivity contribution in [3.8, 4) is 0 Å². The van der Waals surface area contributed by atoms with E-state index in [4.69, 9.17) is 0 Å². The molecule has 1 aromatic carbocycles. The largest absolute Gasteiger partial charge is 0.294 e. The summed E-state index contributed by atoms with van der Waals surface area (Å²) in [6, 6.07) is 0.935. The molecular weight excluding hydrogens is 225 g/mol. The van der Waals surface area contributed by atoms with Crippen LogP contribution in [0.5, 0.6) is 0 Å². The van der Waals surface area contributed by atoms with Crippen LogP contribution in [-0.2, 0) is 0 Å². The molecule has 5 heteroatoms. The van der Waals surface area contributed by atoms with Gasteiger partial charge in [-0.3, -0.25) is 4.79 Å². The van der Waals surface area contributed by atoms with Crippen molar-refractivity contribution < 1.29 is 18.0 Å². The highest BCUT2D eigenvalue weighted by Gasteiger charge is 2.18. The van der Waals surface area contributed by atoms with Crippen LogP contribution in [-0.4, -0.2) is 10.6 Å². The Morgan fingerprint density at radius 3 is 2.13 bits per heavy atom. The smallest absolute Gasteiger partial charge is 0.173 e. The first kappa shape index (κ1) is 11.8. The van der Waals surface area contributed by atoms with Gasteiger partial charge in [0.2, 0.25) is 0 Å². The molecule has 0 atom stereocenters. The van der Waals surface area contributed by atoms with Gasteiger partial charge in [0, 0.05) is 18.6 Å². The van der Waals surface area contributed by atoms with Crippen LogP contribution in [0.2, 0.25) is 0 Å². The van der Waals surface area contributed by atoms with Crippen molar-refractivity contribution in [2.45, 2.75) is 13.3 Å². The summed E-state index contributed by atoms with van der Waals surface area (Å²) in [4.78, 5) is 11.6. The predicted octanol–water partition coefficient (Wildman–Crippen LogP) is 3.07. The highest BCUT2D eigenvalue weighted by atomic mass is 32.1. The topological polar surface area (TPSA) is 17.1 Å². The molecule has 0 aromatic heterocycles. The van der Waals surface area contributed by atoms with E-state index >= 15 is 0 Å². The first-order valence-corrected chi connectivity index (χ1v) is 4.50.